The lowest BCUT2D eigenvalue weighted by Crippen LogP contribution is -2.12. The second-order valence-corrected chi connectivity index (χ2v) is 5.58. The average molecular weight is 345 g/mol. The van der Waals surface area contributed by atoms with Gasteiger partial charge in [-0.3, -0.25) is 0 Å². The van der Waals surface area contributed by atoms with E-state index >= 15 is 0 Å². The molecule has 3 unspecified atom stereocenters. The molecule has 0 heterocycles. The molecule has 0 fully saturated rings. The van der Waals surface area contributed by atoms with E-state index < -0.39 is 0 Å². The van der Waals surface area contributed by atoms with Crippen LogP contribution in [0.1, 0.15) is 129 Å². The van der Waals surface area contributed by atoms with E-state index in [2.05, 4.69) is 46.8 Å². The molecule has 0 spiro atoms. The molecule has 0 N–H and O–H groups in total. The van der Waals surface area contributed by atoms with Crippen molar-refractivity contribution in [3.05, 3.63) is 12.2 Å². The van der Waals surface area contributed by atoms with E-state index in [1.165, 1.54) is 38.5 Å². The summed E-state index contributed by atoms with van der Waals surface area (Å²) in [6, 6.07) is 0. The van der Waals surface area contributed by atoms with Crippen molar-refractivity contribution in [3.63, 3.8) is 0 Å². The minimum Gasteiger partial charge on any atom is -0.0917 e. The Bertz CT molecular complexity index is 169. The van der Waals surface area contributed by atoms with E-state index in [1.54, 1.807) is 0 Å². The van der Waals surface area contributed by atoms with Crippen LogP contribution < -0.4 is 0 Å². The standard InChI is InChI=1S/C16H32.4C2H6/c1-6-8-10-11-14(3)13-16(5)15(4)12-9-7-2;4*1-2/h6,8,14-16H,7,9-13H2,1-5H3;4*1-2H3/b8-6-;;;;. The number of hydrogen-bond donors (Lipinski definition) is 0. The number of allylic oxidation sites excluding steroid dienone is 2. The second kappa shape index (κ2) is 38.4. The molecule has 0 bridgehead atoms. The van der Waals surface area contributed by atoms with Crippen molar-refractivity contribution >= 4 is 0 Å². The molecule has 0 rings (SSSR count). The van der Waals surface area contributed by atoms with Crippen molar-refractivity contribution in [3.8, 4) is 0 Å². The van der Waals surface area contributed by atoms with E-state index in [9.17, 15) is 0 Å². The van der Waals surface area contributed by atoms with Crippen molar-refractivity contribution in [2.24, 2.45) is 17.8 Å². The lowest BCUT2D eigenvalue weighted by Gasteiger charge is -2.23. The average Bonchev–Trinajstić information content (AvgIpc) is 2.66. The maximum Gasteiger partial charge on any atom is -0.0348 e. The fourth-order valence-corrected chi connectivity index (χ4v) is 2.34. The smallest absolute Gasteiger partial charge is 0.0348 e. The number of rotatable bonds is 9. The normalized spacial score (nSPS) is 12.7. The number of unbranched alkanes of at least 4 members (excludes halogenated alkanes) is 1. The Morgan fingerprint density at radius 2 is 1.17 bits per heavy atom. The van der Waals surface area contributed by atoms with Crippen LogP contribution in [-0.2, 0) is 0 Å². The lowest BCUT2D eigenvalue weighted by molar-refractivity contribution is 0.288. The Morgan fingerprint density at radius 3 is 1.54 bits per heavy atom. The van der Waals surface area contributed by atoms with E-state index in [-0.39, 0.29) is 0 Å². The highest BCUT2D eigenvalue weighted by Gasteiger charge is 2.14. The molecule has 0 heteroatoms. The lowest BCUT2D eigenvalue weighted by atomic mass is 9.83. The summed E-state index contributed by atoms with van der Waals surface area (Å²) >= 11 is 0. The molecule has 0 nitrogen and oxygen atoms in total. The monoisotopic (exact) mass is 344 g/mol. The molecule has 0 saturated heterocycles. The van der Waals surface area contributed by atoms with Gasteiger partial charge in [0.1, 0.15) is 0 Å². The summed E-state index contributed by atoms with van der Waals surface area (Å²) in [7, 11) is 0. The maximum atomic E-state index is 2.44. The molecule has 152 valence electrons. The minimum absolute atomic E-state index is 0.885. The zero-order valence-corrected chi connectivity index (χ0v) is 20.1. The van der Waals surface area contributed by atoms with Crippen LogP contribution in [0.15, 0.2) is 12.2 Å². The fraction of sp³-hybridized carbons (Fsp3) is 0.917. The Hall–Kier alpha value is -0.260. The van der Waals surface area contributed by atoms with Crippen molar-refractivity contribution in [2.75, 3.05) is 0 Å². The van der Waals surface area contributed by atoms with E-state index in [4.69, 9.17) is 0 Å². The van der Waals surface area contributed by atoms with Gasteiger partial charge in [0.25, 0.3) is 0 Å². The first-order valence-corrected chi connectivity index (χ1v) is 11.2. The third kappa shape index (κ3) is 33.4. The third-order valence-electron chi connectivity index (χ3n) is 3.82. The van der Waals surface area contributed by atoms with Gasteiger partial charge in [0, 0.05) is 0 Å². The van der Waals surface area contributed by atoms with Crippen molar-refractivity contribution in [1.29, 1.82) is 0 Å². The summed E-state index contributed by atoms with van der Waals surface area (Å²) in [5, 5.41) is 0. The van der Waals surface area contributed by atoms with E-state index in [0.29, 0.717) is 0 Å². The Balaban J connectivity index is -0.000000130. The van der Waals surface area contributed by atoms with Gasteiger partial charge in [0.15, 0.2) is 0 Å². The van der Waals surface area contributed by atoms with Crippen LogP contribution >= 0.6 is 0 Å². The van der Waals surface area contributed by atoms with Gasteiger partial charge in [-0.2, -0.15) is 0 Å². The summed E-state index contributed by atoms with van der Waals surface area (Å²) in [4.78, 5) is 0. The predicted octanol–water partition coefficient (Wildman–Crippen LogP) is 9.94. The summed E-state index contributed by atoms with van der Waals surface area (Å²) in [6.45, 7) is 27.7. The molecule has 0 aromatic carbocycles. The van der Waals surface area contributed by atoms with Crippen LogP contribution in [0.5, 0.6) is 0 Å². The highest BCUT2D eigenvalue weighted by Crippen LogP contribution is 2.26. The quantitative estimate of drug-likeness (QED) is 0.365. The van der Waals surface area contributed by atoms with Crippen molar-refractivity contribution < 1.29 is 0 Å². The first-order chi connectivity index (χ1) is 11.6. The molecule has 0 aliphatic heterocycles. The minimum atomic E-state index is 0.885. The Labute approximate surface area is 158 Å². The Kier molecular flexibility index (Phi) is 55.9. The van der Waals surface area contributed by atoms with Crippen LogP contribution in [0.25, 0.3) is 0 Å². The van der Waals surface area contributed by atoms with Gasteiger partial charge in [-0.1, -0.05) is 114 Å². The molecule has 0 aromatic heterocycles. The van der Waals surface area contributed by atoms with Gasteiger partial charge in [-0.25, -0.2) is 0 Å². The summed E-state index contributed by atoms with van der Waals surface area (Å²) < 4.78 is 0. The zero-order chi connectivity index (χ0) is 20.4. The SMILES string of the molecule is C/C=C\CCC(C)CC(C)C(C)CCCC.CC.CC.CC.CC. The van der Waals surface area contributed by atoms with Crippen LogP contribution in [-0.4, -0.2) is 0 Å². The molecule has 0 aromatic rings. The first kappa shape index (κ1) is 35.0. The van der Waals surface area contributed by atoms with Gasteiger partial charge < -0.3 is 0 Å². The van der Waals surface area contributed by atoms with Gasteiger partial charge in [-0.15, -0.1) is 0 Å². The summed E-state index contributed by atoms with van der Waals surface area (Å²) in [5.41, 5.74) is 0. The van der Waals surface area contributed by atoms with Gasteiger partial charge >= 0.3 is 0 Å². The third-order valence-corrected chi connectivity index (χ3v) is 3.82. The topological polar surface area (TPSA) is 0 Å². The highest BCUT2D eigenvalue weighted by molar-refractivity contribution is 4.78. The molecular weight excluding hydrogens is 288 g/mol. The first-order valence-electron chi connectivity index (χ1n) is 11.2. The van der Waals surface area contributed by atoms with Crippen LogP contribution in [0.4, 0.5) is 0 Å². The van der Waals surface area contributed by atoms with Gasteiger partial charge in [0.2, 0.25) is 0 Å². The van der Waals surface area contributed by atoms with Gasteiger partial charge in [0.05, 0.1) is 0 Å². The largest absolute Gasteiger partial charge is 0.0917 e. The fourth-order valence-electron chi connectivity index (χ4n) is 2.34. The maximum absolute atomic E-state index is 2.44. The van der Waals surface area contributed by atoms with E-state index in [0.717, 1.165) is 17.8 Å². The van der Waals surface area contributed by atoms with Crippen LogP contribution in [0.3, 0.4) is 0 Å². The Morgan fingerprint density at radius 1 is 0.708 bits per heavy atom. The van der Waals surface area contributed by atoms with Crippen molar-refractivity contribution in [1.82, 2.24) is 0 Å². The van der Waals surface area contributed by atoms with Crippen LogP contribution in [0.2, 0.25) is 0 Å². The predicted molar refractivity (Wildman–Crippen MR) is 121 cm³/mol. The molecule has 0 aliphatic carbocycles. The number of hydrogen-bond acceptors (Lipinski definition) is 0. The molecular formula is C24H56. The molecule has 0 amide bonds. The van der Waals surface area contributed by atoms with Crippen LogP contribution in [0, 0.1) is 17.8 Å². The van der Waals surface area contributed by atoms with Crippen molar-refractivity contribution in [2.45, 2.75) is 129 Å². The summed E-state index contributed by atoms with van der Waals surface area (Å²) in [6.07, 6.45) is 12.6. The summed E-state index contributed by atoms with van der Waals surface area (Å²) in [5.74, 6) is 2.69. The molecule has 0 saturated carbocycles. The van der Waals surface area contributed by atoms with Gasteiger partial charge in [-0.05, 0) is 43.9 Å². The molecule has 0 radical (unpaired) electrons. The highest BCUT2D eigenvalue weighted by atomic mass is 14.2. The second-order valence-electron chi connectivity index (χ2n) is 5.58. The molecule has 0 aliphatic rings. The van der Waals surface area contributed by atoms with E-state index in [1.807, 2.05) is 55.4 Å². The molecule has 24 heavy (non-hydrogen) atoms. The molecule has 3 atom stereocenters. The zero-order valence-electron chi connectivity index (χ0n) is 20.1.